The molecule has 2 N–H and O–H groups in total. The predicted molar refractivity (Wildman–Crippen MR) is 58.4 cm³/mol. The molecule has 72 valence electrons. The van der Waals surface area contributed by atoms with E-state index >= 15 is 0 Å². The molecule has 0 radical (unpaired) electrons. The number of carbonyl (C=O) groups is 1. The highest BCUT2D eigenvalue weighted by Crippen LogP contribution is 2.46. The number of carbonyl (C=O) groups excluding carboxylic acids is 1. The van der Waals surface area contributed by atoms with Gasteiger partial charge in [0.2, 0.25) is 5.91 Å². The normalized spacial score (nSPS) is 21.1. The van der Waals surface area contributed by atoms with Crippen molar-refractivity contribution >= 4 is 33.2 Å². The number of benzene rings is 1. The number of halogens is 1. The predicted octanol–water partition coefficient (Wildman–Crippen LogP) is 2.35. The Balaban J connectivity index is 2.11. The molecule has 0 bridgehead atoms. The fourth-order valence-corrected chi connectivity index (χ4v) is 2.25. The van der Waals surface area contributed by atoms with Gasteiger partial charge in [-0.25, -0.2) is 0 Å². The van der Waals surface area contributed by atoms with Crippen LogP contribution in [0.5, 0.6) is 0 Å². The number of hydrogen-bond acceptors (Lipinski definition) is 2. The van der Waals surface area contributed by atoms with Crippen LogP contribution < -0.4 is 10.6 Å². The van der Waals surface area contributed by atoms with Crippen LogP contribution >= 0.6 is 15.9 Å². The Morgan fingerprint density at radius 1 is 1.36 bits per heavy atom. The van der Waals surface area contributed by atoms with Crippen LogP contribution in [0.4, 0.5) is 11.4 Å². The zero-order valence-corrected chi connectivity index (χ0v) is 9.02. The second kappa shape index (κ2) is 2.51. The Bertz CT molecular complexity index is 426. The van der Waals surface area contributed by atoms with Crippen molar-refractivity contribution in [2.75, 3.05) is 10.6 Å². The van der Waals surface area contributed by atoms with Gasteiger partial charge in [0.05, 0.1) is 11.4 Å². The minimum Gasteiger partial charge on any atom is -0.369 e. The Kier molecular flexibility index (Phi) is 1.49. The van der Waals surface area contributed by atoms with Crippen LogP contribution in [0.25, 0.3) is 0 Å². The number of amides is 1. The molecule has 1 amide bonds. The maximum atomic E-state index is 11.7. The molecule has 4 heteroatoms. The van der Waals surface area contributed by atoms with Crippen LogP contribution in [0.1, 0.15) is 12.8 Å². The van der Waals surface area contributed by atoms with Gasteiger partial charge < -0.3 is 10.6 Å². The van der Waals surface area contributed by atoms with Gasteiger partial charge in [0, 0.05) is 4.47 Å². The highest BCUT2D eigenvalue weighted by molar-refractivity contribution is 9.10. The van der Waals surface area contributed by atoms with Crippen LogP contribution in [0.3, 0.4) is 0 Å². The SMILES string of the molecule is O=C1Nc2c(Br)cccc2NC12CC2. The molecule has 0 unspecified atom stereocenters. The van der Waals surface area contributed by atoms with E-state index < -0.39 is 0 Å². The molecule has 1 heterocycles. The Morgan fingerprint density at radius 2 is 2.14 bits per heavy atom. The maximum absolute atomic E-state index is 11.7. The van der Waals surface area contributed by atoms with Crippen LogP contribution in [0.15, 0.2) is 22.7 Å². The molecular weight excluding hydrogens is 244 g/mol. The second-order valence-corrected chi connectivity index (χ2v) is 4.68. The maximum Gasteiger partial charge on any atom is 0.250 e. The minimum absolute atomic E-state index is 0.0944. The van der Waals surface area contributed by atoms with Crippen molar-refractivity contribution in [1.82, 2.24) is 0 Å². The van der Waals surface area contributed by atoms with E-state index in [9.17, 15) is 4.79 Å². The van der Waals surface area contributed by atoms with E-state index in [-0.39, 0.29) is 11.4 Å². The topological polar surface area (TPSA) is 41.1 Å². The number of fused-ring (bicyclic) bond motifs is 1. The van der Waals surface area contributed by atoms with E-state index in [1.165, 1.54) is 0 Å². The van der Waals surface area contributed by atoms with Crippen molar-refractivity contribution in [3.05, 3.63) is 22.7 Å². The van der Waals surface area contributed by atoms with E-state index in [1.54, 1.807) is 0 Å². The highest BCUT2D eigenvalue weighted by atomic mass is 79.9. The summed E-state index contributed by atoms with van der Waals surface area (Å²) < 4.78 is 0.923. The van der Waals surface area contributed by atoms with Gasteiger partial charge in [0.1, 0.15) is 5.54 Å². The standard InChI is InChI=1S/C10H9BrN2O/c11-6-2-1-3-7-8(6)12-9(14)10(13-7)4-5-10/h1-3,13H,4-5H2,(H,12,14). The van der Waals surface area contributed by atoms with E-state index in [0.717, 1.165) is 28.7 Å². The van der Waals surface area contributed by atoms with Crippen molar-refractivity contribution in [2.45, 2.75) is 18.4 Å². The van der Waals surface area contributed by atoms with Crippen LogP contribution in [-0.2, 0) is 4.79 Å². The lowest BCUT2D eigenvalue weighted by molar-refractivity contribution is -0.117. The lowest BCUT2D eigenvalue weighted by Gasteiger charge is -2.27. The summed E-state index contributed by atoms with van der Waals surface area (Å²) in [5, 5.41) is 6.23. The Morgan fingerprint density at radius 3 is 2.86 bits per heavy atom. The Labute approximate surface area is 90.0 Å². The summed E-state index contributed by atoms with van der Waals surface area (Å²) in [6.45, 7) is 0. The third kappa shape index (κ3) is 1.00. The van der Waals surface area contributed by atoms with Crippen molar-refractivity contribution in [2.24, 2.45) is 0 Å². The first kappa shape index (κ1) is 8.29. The molecule has 1 aromatic rings. The van der Waals surface area contributed by atoms with E-state index in [2.05, 4.69) is 26.6 Å². The molecule has 0 atom stereocenters. The number of nitrogens with one attached hydrogen (secondary N) is 2. The molecule has 1 aliphatic carbocycles. The number of para-hydroxylation sites is 1. The lowest BCUT2D eigenvalue weighted by atomic mass is 10.1. The molecule has 14 heavy (non-hydrogen) atoms. The largest absolute Gasteiger partial charge is 0.369 e. The summed E-state index contributed by atoms with van der Waals surface area (Å²) in [7, 11) is 0. The van der Waals surface area contributed by atoms with Crippen molar-refractivity contribution in [1.29, 1.82) is 0 Å². The molecule has 0 aromatic heterocycles. The molecule has 3 rings (SSSR count). The van der Waals surface area contributed by atoms with Gasteiger partial charge in [-0.1, -0.05) is 6.07 Å². The van der Waals surface area contributed by atoms with Gasteiger partial charge in [0.25, 0.3) is 0 Å². The molecule has 1 saturated carbocycles. The zero-order chi connectivity index (χ0) is 9.76. The highest BCUT2D eigenvalue weighted by Gasteiger charge is 2.52. The first-order valence-corrected chi connectivity index (χ1v) is 5.39. The van der Waals surface area contributed by atoms with Crippen molar-refractivity contribution in [3.8, 4) is 0 Å². The van der Waals surface area contributed by atoms with Crippen LogP contribution in [0.2, 0.25) is 0 Å². The fourth-order valence-electron chi connectivity index (χ4n) is 1.78. The minimum atomic E-state index is -0.298. The average molecular weight is 253 g/mol. The third-order valence-electron chi connectivity index (χ3n) is 2.81. The number of hydrogen-bond donors (Lipinski definition) is 2. The van der Waals surface area contributed by atoms with Gasteiger partial charge >= 0.3 is 0 Å². The van der Waals surface area contributed by atoms with Gasteiger partial charge in [-0.2, -0.15) is 0 Å². The molecule has 1 spiro atoms. The van der Waals surface area contributed by atoms with Crippen molar-refractivity contribution in [3.63, 3.8) is 0 Å². The summed E-state index contributed by atoms with van der Waals surface area (Å²) in [4.78, 5) is 11.7. The summed E-state index contributed by atoms with van der Waals surface area (Å²) in [6, 6.07) is 5.87. The fraction of sp³-hybridized carbons (Fsp3) is 0.300. The average Bonchev–Trinajstić information content (AvgIpc) is 2.91. The monoisotopic (exact) mass is 252 g/mol. The molecule has 3 nitrogen and oxygen atoms in total. The van der Waals surface area contributed by atoms with Crippen LogP contribution in [-0.4, -0.2) is 11.4 Å². The molecule has 1 fully saturated rings. The summed E-state index contributed by atoms with van der Waals surface area (Å²) in [5.41, 5.74) is 1.57. The lowest BCUT2D eigenvalue weighted by Crippen LogP contribution is -2.41. The third-order valence-corrected chi connectivity index (χ3v) is 3.47. The van der Waals surface area contributed by atoms with Crippen molar-refractivity contribution < 1.29 is 4.79 Å². The van der Waals surface area contributed by atoms with Gasteiger partial charge in [-0.05, 0) is 40.9 Å². The molecule has 1 aliphatic heterocycles. The van der Waals surface area contributed by atoms with Gasteiger partial charge in [0.15, 0.2) is 0 Å². The number of anilines is 2. The number of rotatable bonds is 0. The van der Waals surface area contributed by atoms with Gasteiger partial charge in [-0.15, -0.1) is 0 Å². The first-order valence-electron chi connectivity index (χ1n) is 4.59. The Hall–Kier alpha value is -1.03. The molecular formula is C10H9BrN2O. The first-order chi connectivity index (χ1) is 6.71. The van der Waals surface area contributed by atoms with E-state index in [1.807, 2.05) is 18.2 Å². The smallest absolute Gasteiger partial charge is 0.250 e. The summed E-state index contributed by atoms with van der Waals surface area (Å²) in [5.74, 6) is 0.0944. The van der Waals surface area contributed by atoms with E-state index in [0.29, 0.717) is 0 Å². The zero-order valence-electron chi connectivity index (χ0n) is 7.43. The summed E-state index contributed by atoms with van der Waals surface area (Å²) in [6.07, 6.45) is 1.87. The van der Waals surface area contributed by atoms with Gasteiger partial charge in [-0.3, -0.25) is 4.79 Å². The molecule has 1 aromatic carbocycles. The second-order valence-electron chi connectivity index (χ2n) is 3.82. The summed E-state index contributed by atoms with van der Waals surface area (Å²) >= 11 is 3.41. The van der Waals surface area contributed by atoms with Crippen LogP contribution in [0, 0.1) is 0 Å². The quantitative estimate of drug-likeness (QED) is 0.745. The van der Waals surface area contributed by atoms with E-state index in [4.69, 9.17) is 0 Å². The molecule has 2 aliphatic rings. The molecule has 0 saturated heterocycles.